The summed E-state index contributed by atoms with van der Waals surface area (Å²) in [6, 6.07) is 32.6. The van der Waals surface area contributed by atoms with E-state index in [-0.39, 0.29) is 13.2 Å². The molecule has 4 N–H and O–H groups in total. The number of rotatable bonds is 25. The van der Waals surface area contributed by atoms with Crippen molar-refractivity contribution in [2.24, 2.45) is 20.0 Å². The maximum Gasteiger partial charge on any atom is 0.316 e. The highest BCUT2D eigenvalue weighted by Gasteiger charge is 2.36. The number of benzene rings is 4. The van der Waals surface area contributed by atoms with Gasteiger partial charge in [-0.1, -0.05) is 72.8 Å². The van der Waals surface area contributed by atoms with Crippen LogP contribution in [0.5, 0.6) is 23.5 Å². The number of H-pyrrole nitrogens is 1. The second-order valence-corrected chi connectivity index (χ2v) is 18.1. The predicted octanol–water partition coefficient (Wildman–Crippen LogP) is 7.31. The summed E-state index contributed by atoms with van der Waals surface area (Å²) < 4.78 is 47.9. The molecule has 0 spiro atoms. The van der Waals surface area contributed by atoms with Crippen molar-refractivity contribution in [2.75, 3.05) is 91.6 Å². The van der Waals surface area contributed by atoms with E-state index < -0.39 is 12.3 Å². The molecule has 0 radical (unpaired) electrons. The van der Waals surface area contributed by atoms with Gasteiger partial charge in [-0.3, -0.25) is 4.99 Å². The quantitative estimate of drug-likeness (QED) is 0.0412. The van der Waals surface area contributed by atoms with Crippen LogP contribution in [0.25, 0.3) is 10.8 Å². The largest absolute Gasteiger partial charge is 0.491 e. The summed E-state index contributed by atoms with van der Waals surface area (Å²) in [7, 11) is 1.77. The number of aliphatic imine (C=N–C) groups is 4. The van der Waals surface area contributed by atoms with Crippen LogP contribution >= 0.6 is 0 Å². The van der Waals surface area contributed by atoms with Crippen molar-refractivity contribution in [1.82, 2.24) is 35.6 Å². The van der Waals surface area contributed by atoms with Crippen LogP contribution in [-0.4, -0.2) is 135 Å². The lowest BCUT2D eigenvalue weighted by Gasteiger charge is -2.19. The molecule has 7 aromatic rings. The fourth-order valence-corrected chi connectivity index (χ4v) is 9.15. The maximum absolute atomic E-state index is 6.58. The van der Waals surface area contributed by atoms with Crippen molar-refractivity contribution in [2.45, 2.75) is 40.0 Å². The molecule has 6 heterocycles. The second-order valence-electron chi connectivity index (χ2n) is 18.1. The number of nitrogens with zero attached hydrogens (tertiary/aromatic N) is 8. The Hall–Kier alpha value is -8.30. The number of aromatic amines is 1. The Labute approximate surface area is 446 Å². The Balaban J connectivity index is 0.852. The van der Waals surface area contributed by atoms with Gasteiger partial charge < -0.3 is 58.8 Å². The van der Waals surface area contributed by atoms with E-state index in [4.69, 9.17) is 52.9 Å². The Morgan fingerprint density at radius 2 is 1.05 bits per heavy atom. The van der Waals surface area contributed by atoms with Gasteiger partial charge in [-0.2, -0.15) is 0 Å². The van der Waals surface area contributed by atoms with Gasteiger partial charge in [0, 0.05) is 69.0 Å². The number of amidine groups is 4. The average Bonchev–Trinajstić information content (AvgIpc) is 4.34. The molecule has 0 bridgehead atoms. The summed E-state index contributed by atoms with van der Waals surface area (Å²) in [6.45, 7) is 11.6. The zero-order valence-electron chi connectivity index (χ0n) is 43.8. The summed E-state index contributed by atoms with van der Waals surface area (Å²) in [6.07, 6.45) is 0.791. The van der Waals surface area contributed by atoms with Crippen molar-refractivity contribution in [3.8, 4) is 23.5 Å². The number of aryl methyl sites for hydroxylation is 4. The number of aromatic nitrogens is 5. The van der Waals surface area contributed by atoms with Crippen LogP contribution in [0, 0.1) is 27.7 Å². The van der Waals surface area contributed by atoms with Crippen LogP contribution < -0.4 is 34.9 Å². The van der Waals surface area contributed by atoms with Crippen molar-refractivity contribution in [1.29, 1.82) is 0 Å². The molecular weight excluding hydrogens is 981 g/mol. The number of ether oxygens (including phenoxy) is 8. The first-order chi connectivity index (χ1) is 37.8. The summed E-state index contributed by atoms with van der Waals surface area (Å²) in [5.41, 5.74) is 8.67. The normalized spacial score (nSPS) is 16.2. The molecule has 2 unspecified atom stereocenters. The number of fused-ring (bicyclic) bond motifs is 4. The standard InChI is InChI=1S/C57H62N12O8/c1-35-32-36(2)61-56(60-35)76-30-26-72-22-20-70-24-28-74-45-18-19-46(75-29-25-71-21-23-73-27-31-77-57-62-37(3)33-38(4)63-57)48-47(45)54(65-50-40-13-7-6-12-39(40)34-59-50)69-55(48)68-53-44-17-11-10-16-43(44)52(67-53)66-51-42-15-9-8-14-41(42)49(58-5)64-51/h6-19,32-34,52,54,59,65H,20-31H2,1-5H3,(H,58,64,66)(H,67,68,69). The minimum Gasteiger partial charge on any atom is -0.491 e. The average molecular weight is 1040 g/mol. The fraction of sp³-hybridized carbons (Fsp3) is 0.333. The zero-order chi connectivity index (χ0) is 52.9. The van der Waals surface area contributed by atoms with E-state index in [9.17, 15) is 0 Å². The van der Waals surface area contributed by atoms with Gasteiger partial charge in [-0.05, 0) is 52.0 Å². The molecule has 3 aliphatic heterocycles. The van der Waals surface area contributed by atoms with Crippen LogP contribution in [-0.2, 0) is 18.9 Å². The van der Waals surface area contributed by atoms with Crippen molar-refractivity contribution >= 4 is 39.9 Å². The van der Waals surface area contributed by atoms with Gasteiger partial charge in [0.2, 0.25) is 0 Å². The van der Waals surface area contributed by atoms with E-state index in [0.29, 0.717) is 113 Å². The first kappa shape index (κ1) is 52.2. The lowest BCUT2D eigenvalue weighted by Crippen LogP contribution is -2.30. The Kier molecular flexibility index (Phi) is 17.0. The van der Waals surface area contributed by atoms with E-state index in [1.165, 1.54) is 0 Å². The lowest BCUT2D eigenvalue weighted by molar-refractivity contribution is 0.0260. The van der Waals surface area contributed by atoms with E-state index in [0.717, 1.165) is 73.0 Å². The molecule has 3 aromatic heterocycles. The van der Waals surface area contributed by atoms with Crippen molar-refractivity contribution < 1.29 is 37.9 Å². The van der Waals surface area contributed by atoms with E-state index >= 15 is 0 Å². The molecule has 0 fully saturated rings. The van der Waals surface area contributed by atoms with Gasteiger partial charge in [0.1, 0.15) is 67.1 Å². The molecule has 77 heavy (non-hydrogen) atoms. The molecule has 398 valence electrons. The fourth-order valence-electron chi connectivity index (χ4n) is 9.15. The number of nitrogens with one attached hydrogen (secondary N) is 4. The van der Waals surface area contributed by atoms with E-state index in [2.05, 4.69) is 64.1 Å². The highest BCUT2D eigenvalue weighted by molar-refractivity contribution is 6.25. The lowest BCUT2D eigenvalue weighted by atomic mass is 10.0. The monoisotopic (exact) mass is 1040 g/mol. The first-order valence-corrected chi connectivity index (χ1v) is 25.7. The zero-order valence-corrected chi connectivity index (χ0v) is 43.8. The van der Waals surface area contributed by atoms with Crippen LogP contribution in [0.1, 0.15) is 68.5 Å². The summed E-state index contributed by atoms with van der Waals surface area (Å²) in [5.74, 6) is 4.58. The topological polar surface area (TPSA) is 227 Å². The summed E-state index contributed by atoms with van der Waals surface area (Å²) in [4.78, 5) is 40.9. The molecule has 0 saturated heterocycles. The van der Waals surface area contributed by atoms with Gasteiger partial charge in [0.05, 0.1) is 64.0 Å². The number of hydrogen-bond acceptors (Lipinski definition) is 18. The van der Waals surface area contributed by atoms with Gasteiger partial charge in [0.15, 0.2) is 12.3 Å². The highest BCUT2D eigenvalue weighted by atomic mass is 16.6. The number of hydrogen-bond donors (Lipinski definition) is 4. The van der Waals surface area contributed by atoms with Crippen LogP contribution in [0.2, 0.25) is 0 Å². The Bertz CT molecular complexity index is 3280. The van der Waals surface area contributed by atoms with E-state index in [1.54, 1.807) is 7.05 Å². The van der Waals surface area contributed by atoms with Crippen LogP contribution in [0.3, 0.4) is 0 Å². The molecule has 0 amide bonds. The predicted molar refractivity (Wildman–Crippen MR) is 293 cm³/mol. The van der Waals surface area contributed by atoms with Gasteiger partial charge in [-0.25, -0.2) is 34.9 Å². The molecular formula is C57H62N12O8. The molecule has 2 atom stereocenters. The smallest absolute Gasteiger partial charge is 0.316 e. The molecule has 10 rings (SSSR count). The third-order valence-corrected chi connectivity index (χ3v) is 12.5. The second kappa shape index (κ2) is 25.0. The molecule has 0 aliphatic carbocycles. The molecule has 4 aromatic carbocycles. The third kappa shape index (κ3) is 12.9. The summed E-state index contributed by atoms with van der Waals surface area (Å²) >= 11 is 0. The summed E-state index contributed by atoms with van der Waals surface area (Å²) in [5, 5.41) is 12.8. The third-order valence-electron chi connectivity index (χ3n) is 12.5. The minimum atomic E-state index is -0.628. The molecule has 20 heteroatoms. The van der Waals surface area contributed by atoms with Gasteiger partial charge in [-0.15, -0.1) is 0 Å². The molecule has 20 nitrogen and oxygen atoms in total. The van der Waals surface area contributed by atoms with Crippen molar-refractivity contribution in [3.63, 3.8) is 0 Å². The Morgan fingerprint density at radius 3 is 1.68 bits per heavy atom. The van der Waals surface area contributed by atoms with Crippen LogP contribution in [0.4, 0.5) is 5.82 Å². The molecule has 3 aliphatic rings. The van der Waals surface area contributed by atoms with E-state index in [1.807, 2.05) is 113 Å². The van der Waals surface area contributed by atoms with Gasteiger partial charge >= 0.3 is 12.0 Å². The maximum atomic E-state index is 6.58. The van der Waals surface area contributed by atoms with Gasteiger partial charge in [0.25, 0.3) is 0 Å². The highest BCUT2D eigenvalue weighted by Crippen LogP contribution is 2.43. The SMILES string of the molecule is CN=C1N/C(=N\C2N=C(NC3=NC(Nc4[nH]cc5ccccc45)c4c(OCCOCCOCCOc5nc(C)cc(C)n5)ccc(OCCOCCOCCOc5nc(C)cc(C)n5)c43)c3ccccc32)c2ccccc21. The Morgan fingerprint density at radius 1 is 0.532 bits per heavy atom. The molecule has 0 saturated carbocycles. The minimum absolute atomic E-state index is 0.245. The van der Waals surface area contributed by atoms with Crippen LogP contribution in [0.15, 0.2) is 123 Å². The van der Waals surface area contributed by atoms with Crippen molar-refractivity contribution in [3.05, 3.63) is 159 Å². The first-order valence-electron chi connectivity index (χ1n) is 25.7. The number of anilines is 1.